The number of piperazine rings is 1. The van der Waals surface area contributed by atoms with Crippen molar-refractivity contribution in [3.8, 4) is 0 Å². The molecule has 0 aliphatic carbocycles. The summed E-state index contributed by atoms with van der Waals surface area (Å²) >= 11 is 12.2. The molecular weight excluding hydrogens is 329 g/mol. The van der Waals surface area contributed by atoms with Crippen molar-refractivity contribution in [2.75, 3.05) is 26.2 Å². The first-order valence-electron chi connectivity index (χ1n) is 7.83. The lowest BCUT2D eigenvalue weighted by Gasteiger charge is -2.30. The Morgan fingerprint density at radius 1 is 1.00 bits per heavy atom. The van der Waals surface area contributed by atoms with Crippen LogP contribution in [0.3, 0.4) is 0 Å². The van der Waals surface area contributed by atoms with Gasteiger partial charge < -0.3 is 4.90 Å². The van der Waals surface area contributed by atoms with Gasteiger partial charge in [-0.05, 0) is 6.07 Å². The number of hydrogen-bond acceptors (Lipinski definition) is 2. The zero-order valence-corrected chi connectivity index (χ0v) is 14.4. The molecule has 3 rings (SSSR count). The van der Waals surface area contributed by atoms with Crippen molar-refractivity contribution in [2.24, 2.45) is 5.10 Å². The van der Waals surface area contributed by atoms with Crippen molar-refractivity contribution in [3.63, 3.8) is 0 Å². The molecule has 1 aliphatic rings. The van der Waals surface area contributed by atoms with E-state index in [1.54, 1.807) is 17.2 Å². The average molecular weight is 349 g/mol. The lowest BCUT2D eigenvalue weighted by Crippen LogP contribution is -3.13. The molecule has 3 nitrogen and oxygen atoms in total. The minimum absolute atomic E-state index is 0.561. The molecular formula is C18H20Cl2N3+. The van der Waals surface area contributed by atoms with Gasteiger partial charge in [-0.3, -0.25) is 5.01 Å². The number of quaternary nitrogens is 1. The molecule has 0 unspecified atom stereocenters. The zero-order chi connectivity index (χ0) is 16.1. The molecule has 1 N–H and O–H groups in total. The van der Waals surface area contributed by atoms with Gasteiger partial charge in [0.25, 0.3) is 0 Å². The van der Waals surface area contributed by atoms with Crippen LogP contribution < -0.4 is 4.90 Å². The first-order chi connectivity index (χ1) is 11.2. The third kappa shape index (κ3) is 4.47. The van der Waals surface area contributed by atoms with Gasteiger partial charge in [0.05, 0.1) is 42.4 Å². The van der Waals surface area contributed by atoms with Crippen molar-refractivity contribution in [1.29, 1.82) is 0 Å². The second-order valence-corrected chi connectivity index (χ2v) is 6.54. The van der Waals surface area contributed by atoms with Crippen LogP contribution in [-0.4, -0.2) is 37.4 Å². The van der Waals surface area contributed by atoms with Gasteiger partial charge in [0.1, 0.15) is 6.54 Å². The fourth-order valence-corrected chi connectivity index (χ4v) is 3.11. The van der Waals surface area contributed by atoms with Crippen LogP contribution in [0.2, 0.25) is 10.0 Å². The number of benzene rings is 2. The summed E-state index contributed by atoms with van der Waals surface area (Å²) in [5.74, 6) is 0. The molecule has 1 fully saturated rings. The molecule has 120 valence electrons. The van der Waals surface area contributed by atoms with Gasteiger partial charge >= 0.3 is 0 Å². The van der Waals surface area contributed by atoms with Crippen molar-refractivity contribution in [2.45, 2.75) is 6.54 Å². The summed E-state index contributed by atoms with van der Waals surface area (Å²) in [5, 5.41) is 7.78. The Hall–Kier alpha value is -1.55. The first kappa shape index (κ1) is 16.3. The molecule has 1 aliphatic heterocycles. The summed E-state index contributed by atoms with van der Waals surface area (Å²) in [4.78, 5) is 1.60. The summed E-state index contributed by atoms with van der Waals surface area (Å²) in [6.07, 6.45) is 1.80. The van der Waals surface area contributed by atoms with E-state index < -0.39 is 0 Å². The molecule has 1 heterocycles. The Morgan fingerprint density at radius 2 is 1.74 bits per heavy atom. The van der Waals surface area contributed by atoms with Crippen LogP contribution in [0.15, 0.2) is 53.6 Å². The topological polar surface area (TPSA) is 20.0 Å². The molecule has 5 heteroatoms. The average Bonchev–Trinajstić information content (AvgIpc) is 2.58. The monoisotopic (exact) mass is 348 g/mol. The molecule has 0 saturated carbocycles. The molecule has 0 spiro atoms. The Bertz CT molecular complexity index is 665. The summed E-state index contributed by atoms with van der Waals surface area (Å²) in [6, 6.07) is 16.2. The SMILES string of the molecule is Clc1cccc(/C=N\N2CC[NH+](Cc3ccccc3)CC2)c1Cl. The second-order valence-electron chi connectivity index (χ2n) is 5.75. The van der Waals surface area contributed by atoms with Gasteiger partial charge in [-0.15, -0.1) is 0 Å². The Morgan fingerprint density at radius 3 is 2.48 bits per heavy atom. The third-order valence-electron chi connectivity index (χ3n) is 4.09. The number of rotatable bonds is 4. The molecule has 2 aromatic rings. The third-order valence-corrected chi connectivity index (χ3v) is 4.92. The highest BCUT2D eigenvalue weighted by atomic mass is 35.5. The van der Waals surface area contributed by atoms with E-state index in [2.05, 4.69) is 40.4 Å². The van der Waals surface area contributed by atoms with E-state index in [4.69, 9.17) is 23.2 Å². The molecule has 1 saturated heterocycles. The largest absolute Gasteiger partial charge is 0.328 e. The van der Waals surface area contributed by atoms with Crippen LogP contribution in [0, 0.1) is 0 Å². The van der Waals surface area contributed by atoms with E-state index in [-0.39, 0.29) is 0 Å². The molecule has 2 aromatic carbocycles. The van der Waals surface area contributed by atoms with E-state index in [1.165, 1.54) is 5.56 Å². The van der Waals surface area contributed by atoms with E-state index in [9.17, 15) is 0 Å². The lowest BCUT2D eigenvalue weighted by molar-refractivity contribution is -0.918. The maximum atomic E-state index is 6.18. The lowest BCUT2D eigenvalue weighted by atomic mass is 10.2. The summed E-state index contributed by atoms with van der Waals surface area (Å²) in [5.41, 5.74) is 2.25. The summed E-state index contributed by atoms with van der Waals surface area (Å²) in [6.45, 7) is 5.18. The highest BCUT2D eigenvalue weighted by Gasteiger charge is 2.18. The van der Waals surface area contributed by atoms with Crippen LogP contribution in [0.1, 0.15) is 11.1 Å². The fourth-order valence-electron chi connectivity index (χ4n) is 2.75. The summed E-state index contributed by atoms with van der Waals surface area (Å²) in [7, 11) is 0. The van der Waals surface area contributed by atoms with Gasteiger partial charge in [0.15, 0.2) is 0 Å². The maximum Gasteiger partial charge on any atom is 0.103 e. The Kier molecular flexibility index (Phi) is 5.55. The highest BCUT2D eigenvalue weighted by molar-refractivity contribution is 6.43. The first-order valence-corrected chi connectivity index (χ1v) is 8.58. The quantitative estimate of drug-likeness (QED) is 0.842. The van der Waals surface area contributed by atoms with Crippen LogP contribution in [-0.2, 0) is 6.54 Å². The molecule has 0 amide bonds. The number of hydrogen-bond donors (Lipinski definition) is 1. The van der Waals surface area contributed by atoms with E-state index >= 15 is 0 Å². The van der Waals surface area contributed by atoms with Crippen molar-refractivity contribution in [1.82, 2.24) is 5.01 Å². The Labute approximate surface area is 147 Å². The van der Waals surface area contributed by atoms with Crippen molar-refractivity contribution in [3.05, 3.63) is 69.7 Å². The van der Waals surface area contributed by atoms with Crippen LogP contribution in [0.4, 0.5) is 0 Å². The predicted molar refractivity (Wildman–Crippen MR) is 96.5 cm³/mol. The highest BCUT2D eigenvalue weighted by Crippen LogP contribution is 2.24. The van der Waals surface area contributed by atoms with Crippen LogP contribution >= 0.6 is 23.2 Å². The van der Waals surface area contributed by atoms with Crippen LogP contribution in [0.25, 0.3) is 0 Å². The zero-order valence-electron chi connectivity index (χ0n) is 12.9. The van der Waals surface area contributed by atoms with E-state index in [0.29, 0.717) is 10.0 Å². The van der Waals surface area contributed by atoms with Gasteiger partial charge in [-0.2, -0.15) is 5.10 Å². The van der Waals surface area contributed by atoms with Gasteiger partial charge in [-0.1, -0.05) is 65.7 Å². The summed E-state index contributed by atoms with van der Waals surface area (Å²) < 4.78 is 0. The number of hydrazone groups is 1. The standard InChI is InChI=1S/C18H19Cl2N3/c19-17-8-4-7-16(18(17)20)13-21-23-11-9-22(10-12-23)14-15-5-2-1-3-6-15/h1-8,13H,9-12,14H2/p+1/b21-13-. The molecule has 0 aromatic heterocycles. The predicted octanol–water partition coefficient (Wildman–Crippen LogP) is 2.73. The minimum Gasteiger partial charge on any atom is -0.328 e. The van der Waals surface area contributed by atoms with Crippen LogP contribution in [0.5, 0.6) is 0 Å². The molecule has 23 heavy (non-hydrogen) atoms. The molecule has 0 atom stereocenters. The number of nitrogens with zero attached hydrogens (tertiary/aromatic N) is 2. The van der Waals surface area contributed by atoms with Gasteiger partial charge in [-0.25, -0.2) is 0 Å². The number of halogens is 2. The minimum atomic E-state index is 0.561. The van der Waals surface area contributed by atoms with Crippen molar-refractivity contribution >= 4 is 29.4 Å². The fraction of sp³-hybridized carbons (Fsp3) is 0.278. The Balaban J connectivity index is 1.53. The van der Waals surface area contributed by atoms with E-state index in [0.717, 1.165) is 38.3 Å². The van der Waals surface area contributed by atoms with Gasteiger partial charge in [0, 0.05) is 11.1 Å². The second kappa shape index (κ2) is 7.82. The maximum absolute atomic E-state index is 6.18. The normalized spacial score (nSPS) is 16.2. The smallest absolute Gasteiger partial charge is 0.103 e. The van der Waals surface area contributed by atoms with Crippen molar-refractivity contribution < 1.29 is 4.90 Å². The van der Waals surface area contributed by atoms with E-state index in [1.807, 2.05) is 12.1 Å². The van der Waals surface area contributed by atoms with Gasteiger partial charge in [0.2, 0.25) is 0 Å². The molecule has 0 bridgehead atoms. The number of nitrogens with one attached hydrogen (secondary N) is 1. The molecule has 0 radical (unpaired) electrons.